The summed E-state index contributed by atoms with van der Waals surface area (Å²) >= 11 is 0. The number of aromatic nitrogens is 2. The first-order valence-electron chi connectivity index (χ1n) is 7.93. The number of hydrogen-bond donors (Lipinski definition) is 3. The van der Waals surface area contributed by atoms with Gasteiger partial charge in [-0.05, 0) is 18.9 Å². The van der Waals surface area contributed by atoms with Gasteiger partial charge in [-0.15, -0.1) is 13.2 Å². The van der Waals surface area contributed by atoms with Crippen LogP contribution in [0.1, 0.15) is 30.1 Å². The number of nitrogens with zero attached hydrogens (tertiary/aromatic N) is 2. The molecule has 1 aromatic heterocycles. The number of nitrogens with one attached hydrogen (secondary N) is 2. The molecule has 1 heterocycles. The molecular weight excluding hydrogens is 353 g/mol. The van der Waals surface area contributed by atoms with E-state index in [1.54, 1.807) is 13.0 Å². The minimum Gasteiger partial charge on any atom is -0.410 e. The number of carbonyl (C=O) groups is 1. The first-order chi connectivity index (χ1) is 12.2. The Labute approximate surface area is 146 Å². The normalized spacial score (nSPS) is 23.8. The summed E-state index contributed by atoms with van der Waals surface area (Å²) in [6.07, 6.45) is 3.98. The lowest BCUT2D eigenvalue weighted by atomic mass is 9.81. The average Bonchev–Trinajstić information content (AvgIpc) is 3.36. The summed E-state index contributed by atoms with van der Waals surface area (Å²) in [6, 6.07) is 0. The molecule has 2 unspecified atom stereocenters. The number of hydroxylamine groups is 1. The summed E-state index contributed by atoms with van der Waals surface area (Å²) in [5.74, 6) is -1.31. The van der Waals surface area contributed by atoms with Crippen molar-refractivity contribution in [2.45, 2.75) is 31.7 Å². The van der Waals surface area contributed by atoms with Crippen LogP contribution in [0.25, 0.3) is 0 Å². The molecule has 0 bridgehead atoms. The van der Waals surface area contributed by atoms with Crippen LogP contribution >= 0.6 is 0 Å². The molecule has 1 amide bonds. The molecule has 2 atom stereocenters. The maximum Gasteiger partial charge on any atom is 0.572 e. The highest BCUT2D eigenvalue weighted by molar-refractivity contribution is 5.92. The fourth-order valence-electron chi connectivity index (χ4n) is 3.16. The van der Waals surface area contributed by atoms with Gasteiger partial charge in [-0.25, -0.2) is 15.4 Å². The van der Waals surface area contributed by atoms with Crippen LogP contribution in [0.3, 0.4) is 0 Å². The summed E-state index contributed by atoms with van der Waals surface area (Å²) < 4.78 is 41.8. The number of alkyl halides is 3. The SMILES string of the molecule is CC1C(OC(F)(F)F)=CC=CC1C1(Nc2ncc(C(=O)NO)cn2)CC1. The Morgan fingerprint density at radius 2 is 2.00 bits per heavy atom. The molecule has 140 valence electrons. The molecule has 0 aromatic carbocycles. The smallest absolute Gasteiger partial charge is 0.410 e. The molecule has 0 spiro atoms. The third-order valence-electron chi connectivity index (χ3n) is 4.60. The molecule has 7 nitrogen and oxygen atoms in total. The van der Waals surface area contributed by atoms with Crippen molar-refractivity contribution in [1.29, 1.82) is 0 Å². The Morgan fingerprint density at radius 3 is 2.54 bits per heavy atom. The van der Waals surface area contributed by atoms with Gasteiger partial charge in [-0.1, -0.05) is 19.1 Å². The fraction of sp³-hybridized carbons (Fsp3) is 0.438. The minimum absolute atomic E-state index is 0.0811. The van der Waals surface area contributed by atoms with Crippen molar-refractivity contribution >= 4 is 11.9 Å². The maximum absolute atomic E-state index is 12.6. The topological polar surface area (TPSA) is 96.4 Å². The quantitative estimate of drug-likeness (QED) is 0.545. The molecule has 1 fully saturated rings. The van der Waals surface area contributed by atoms with E-state index in [1.807, 2.05) is 6.08 Å². The van der Waals surface area contributed by atoms with Crippen LogP contribution in [0.5, 0.6) is 0 Å². The van der Waals surface area contributed by atoms with Gasteiger partial charge in [0, 0.05) is 29.8 Å². The van der Waals surface area contributed by atoms with Gasteiger partial charge in [0.2, 0.25) is 5.95 Å². The predicted octanol–water partition coefficient (Wildman–Crippen LogP) is 2.78. The summed E-state index contributed by atoms with van der Waals surface area (Å²) in [5.41, 5.74) is 1.10. The van der Waals surface area contributed by atoms with Gasteiger partial charge in [-0.3, -0.25) is 10.0 Å². The first-order valence-corrected chi connectivity index (χ1v) is 7.93. The van der Waals surface area contributed by atoms with E-state index in [0.29, 0.717) is 0 Å². The third-order valence-corrected chi connectivity index (χ3v) is 4.60. The van der Waals surface area contributed by atoms with Crippen molar-refractivity contribution in [3.63, 3.8) is 0 Å². The van der Waals surface area contributed by atoms with Gasteiger partial charge in [-0.2, -0.15) is 0 Å². The molecule has 3 rings (SSSR count). The minimum atomic E-state index is -4.73. The monoisotopic (exact) mass is 370 g/mol. The lowest BCUT2D eigenvalue weighted by molar-refractivity contribution is -0.309. The zero-order valence-electron chi connectivity index (χ0n) is 13.7. The van der Waals surface area contributed by atoms with Crippen LogP contribution in [0.4, 0.5) is 19.1 Å². The summed E-state index contributed by atoms with van der Waals surface area (Å²) in [5, 5.41) is 11.7. The van der Waals surface area contributed by atoms with Crippen molar-refractivity contribution in [2.24, 2.45) is 11.8 Å². The van der Waals surface area contributed by atoms with Crippen molar-refractivity contribution in [2.75, 3.05) is 5.32 Å². The van der Waals surface area contributed by atoms with Gasteiger partial charge in [0.15, 0.2) is 0 Å². The highest BCUT2D eigenvalue weighted by atomic mass is 19.4. The van der Waals surface area contributed by atoms with Crippen LogP contribution in [-0.2, 0) is 4.74 Å². The molecule has 3 N–H and O–H groups in total. The van der Waals surface area contributed by atoms with Crippen LogP contribution < -0.4 is 10.8 Å². The summed E-state index contributed by atoms with van der Waals surface area (Å²) in [6.45, 7) is 1.68. The van der Waals surface area contributed by atoms with Gasteiger partial charge in [0.05, 0.1) is 5.56 Å². The molecule has 1 saturated carbocycles. The number of amides is 1. The van der Waals surface area contributed by atoms with Gasteiger partial charge >= 0.3 is 6.36 Å². The van der Waals surface area contributed by atoms with E-state index >= 15 is 0 Å². The molecule has 10 heteroatoms. The Morgan fingerprint density at radius 1 is 1.35 bits per heavy atom. The Balaban J connectivity index is 1.72. The molecule has 0 saturated heterocycles. The number of halogens is 3. The van der Waals surface area contributed by atoms with E-state index in [4.69, 9.17) is 5.21 Å². The standard InChI is InChI=1S/C16H17F3N4O3/c1-9-11(3-2-4-12(9)26-16(17,18)19)15(5-6-15)22-14-20-7-10(8-21-14)13(24)23-25/h2-4,7-9,11,25H,5-6H2,1H3,(H,23,24)(H,20,21,22). The van der Waals surface area contributed by atoms with Gasteiger partial charge in [0.25, 0.3) is 5.91 Å². The molecule has 2 aliphatic rings. The van der Waals surface area contributed by atoms with E-state index in [-0.39, 0.29) is 23.2 Å². The Hall–Kier alpha value is -2.62. The second kappa shape index (κ2) is 6.60. The second-order valence-electron chi connectivity index (χ2n) is 6.33. The van der Waals surface area contributed by atoms with E-state index < -0.39 is 23.7 Å². The lowest BCUT2D eigenvalue weighted by Crippen LogP contribution is -2.37. The largest absolute Gasteiger partial charge is 0.572 e. The van der Waals surface area contributed by atoms with Crippen molar-refractivity contribution in [3.05, 3.63) is 41.9 Å². The highest BCUT2D eigenvalue weighted by Gasteiger charge is 2.52. The predicted molar refractivity (Wildman–Crippen MR) is 83.9 cm³/mol. The second-order valence-corrected chi connectivity index (χ2v) is 6.33. The number of anilines is 1. The van der Waals surface area contributed by atoms with E-state index in [2.05, 4.69) is 20.0 Å². The molecular formula is C16H17F3N4O3. The Bertz CT molecular complexity index is 742. The van der Waals surface area contributed by atoms with Crippen molar-refractivity contribution < 1.29 is 27.9 Å². The molecule has 26 heavy (non-hydrogen) atoms. The van der Waals surface area contributed by atoms with E-state index in [9.17, 15) is 18.0 Å². The molecule has 2 aliphatic carbocycles. The molecule has 0 radical (unpaired) electrons. The fourth-order valence-corrected chi connectivity index (χ4v) is 3.16. The zero-order valence-corrected chi connectivity index (χ0v) is 13.7. The zero-order chi connectivity index (χ0) is 18.9. The maximum atomic E-state index is 12.6. The number of rotatable bonds is 5. The Kier molecular flexibility index (Phi) is 4.61. The van der Waals surface area contributed by atoms with Crippen LogP contribution in [0.2, 0.25) is 0 Å². The van der Waals surface area contributed by atoms with Crippen LogP contribution in [-0.4, -0.2) is 33.0 Å². The highest BCUT2D eigenvalue weighted by Crippen LogP contribution is 2.51. The third kappa shape index (κ3) is 3.79. The van der Waals surface area contributed by atoms with Crippen molar-refractivity contribution in [1.82, 2.24) is 15.4 Å². The van der Waals surface area contributed by atoms with Crippen LogP contribution in [0.15, 0.2) is 36.4 Å². The summed E-state index contributed by atoms with van der Waals surface area (Å²) in [7, 11) is 0. The van der Waals surface area contributed by atoms with Gasteiger partial charge < -0.3 is 10.1 Å². The summed E-state index contributed by atoms with van der Waals surface area (Å²) in [4.78, 5) is 19.3. The van der Waals surface area contributed by atoms with Crippen LogP contribution in [0, 0.1) is 11.8 Å². The number of allylic oxidation sites excluding steroid dienone is 3. The number of hydrogen-bond acceptors (Lipinski definition) is 6. The molecule has 1 aromatic rings. The lowest BCUT2D eigenvalue weighted by Gasteiger charge is -2.33. The number of carbonyl (C=O) groups excluding carboxylic acids is 1. The first kappa shape index (κ1) is 18.2. The average molecular weight is 370 g/mol. The van der Waals surface area contributed by atoms with Gasteiger partial charge in [0.1, 0.15) is 5.76 Å². The number of ether oxygens (including phenoxy) is 1. The molecule has 0 aliphatic heterocycles. The van der Waals surface area contributed by atoms with Crippen molar-refractivity contribution in [3.8, 4) is 0 Å². The van der Waals surface area contributed by atoms with E-state index in [1.165, 1.54) is 23.9 Å². The van der Waals surface area contributed by atoms with E-state index in [0.717, 1.165) is 12.8 Å².